The smallest absolute Gasteiger partial charge is 0.255 e. The second-order valence-corrected chi connectivity index (χ2v) is 6.94. The fourth-order valence-electron chi connectivity index (χ4n) is 3.35. The Bertz CT molecular complexity index is 1130. The molecule has 2 heterocycles. The lowest BCUT2D eigenvalue weighted by atomic mass is 10.0. The maximum absolute atomic E-state index is 12.7. The average Bonchev–Trinajstić information content (AvgIpc) is 3.26. The Balaban J connectivity index is 2.07. The molecule has 0 radical (unpaired) electrons. The van der Waals surface area contributed by atoms with Crippen molar-refractivity contribution in [3.05, 3.63) is 53.7 Å². The van der Waals surface area contributed by atoms with Crippen LogP contribution in [0.15, 0.2) is 47.0 Å². The molecule has 2 aromatic heterocycles. The van der Waals surface area contributed by atoms with Crippen LogP contribution in [0.2, 0.25) is 0 Å². The van der Waals surface area contributed by atoms with Gasteiger partial charge < -0.3 is 19.5 Å². The lowest BCUT2D eigenvalue weighted by molar-refractivity contribution is 0.0964. The van der Waals surface area contributed by atoms with E-state index in [1.54, 1.807) is 7.05 Å². The maximum atomic E-state index is 12.7. The summed E-state index contributed by atoms with van der Waals surface area (Å²) in [6.45, 7) is 5.98. The molecule has 0 fully saturated rings. The van der Waals surface area contributed by atoms with Gasteiger partial charge >= 0.3 is 0 Å². The molecule has 4 rings (SSSR count). The van der Waals surface area contributed by atoms with Crippen LogP contribution in [0.5, 0.6) is 5.75 Å². The molecule has 0 unspecified atom stereocenters. The molecule has 0 spiro atoms. The molecule has 138 valence electrons. The zero-order valence-electron chi connectivity index (χ0n) is 15.8. The van der Waals surface area contributed by atoms with Crippen LogP contribution in [0.1, 0.15) is 29.8 Å². The van der Waals surface area contributed by atoms with Crippen molar-refractivity contribution in [1.29, 1.82) is 0 Å². The Kier molecular flexibility index (Phi) is 4.15. The molecule has 4 aromatic rings. The maximum Gasteiger partial charge on any atom is 0.255 e. The van der Waals surface area contributed by atoms with Gasteiger partial charge in [0.05, 0.1) is 17.2 Å². The van der Waals surface area contributed by atoms with E-state index in [1.165, 1.54) is 0 Å². The molecule has 0 atom stereocenters. The van der Waals surface area contributed by atoms with Crippen LogP contribution in [-0.4, -0.2) is 24.0 Å². The lowest BCUT2D eigenvalue weighted by Crippen LogP contribution is -2.18. The van der Waals surface area contributed by atoms with Gasteiger partial charge in [-0.1, -0.05) is 29.8 Å². The first-order valence-corrected chi connectivity index (χ1v) is 9.02. The van der Waals surface area contributed by atoms with Gasteiger partial charge in [0.25, 0.3) is 5.91 Å². The van der Waals surface area contributed by atoms with Gasteiger partial charge in [0.2, 0.25) is 0 Å². The molecule has 0 saturated heterocycles. The van der Waals surface area contributed by atoms with Crippen LogP contribution in [0, 0.1) is 6.92 Å². The van der Waals surface area contributed by atoms with Gasteiger partial charge in [-0.3, -0.25) is 4.79 Å². The number of carbonyl (C=O) groups is 1. The highest BCUT2D eigenvalue weighted by Crippen LogP contribution is 2.41. The van der Waals surface area contributed by atoms with Crippen molar-refractivity contribution in [1.82, 2.24) is 10.3 Å². The third kappa shape index (κ3) is 2.85. The normalized spacial score (nSPS) is 11.4. The molecule has 2 aromatic carbocycles. The molecule has 1 amide bonds. The van der Waals surface area contributed by atoms with Gasteiger partial charge in [-0.05, 0) is 32.9 Å². The molecule has 0 aliphatic rings. The standard InChI is InChI=1S/C22H22N2O3/c1-12(2)26-17-11-16-18(22(25)23-4)20(14-7-5-13(3)6-8-14)27-21(16)15-9-10-24-19(15)17/h5-12,24H,1-4H3,(H,23,25). The number of aromatic amines is 1. The van der Waals surface area contributed by atoms with Crippen LogP contribution in [-0.2, 0) is 0 Å². The minimum Gasteiger partial charge on any atom is -0.489 e. The first-order chi connectivity index (χ1) is 13.0. The fourth-order valence-corrected chi connectivity index (χ4v) is 3.35. The summed E-state index contributed by atoms with van der Waals surface area (Å²) in [7, 11) is 1.63. The largest absolute Gasteiger partial charge is 0.489 e. The Hall–Kier alpha value is -3.21. The van der Waals surface area contributed by atoms with Gasteiger partial charge in [-0.25, -0.2) is 0 Å². The summed E-state index contributed by atoms with van der Waals surface area (Å²) in [6.07, 6.45) is 1.87. The molecule has 27 heavy (non-hydrogen) atoms. The van der Waals surface area contributed by atoms with Gasteiger partial charge in [0.1, 0.15) is 17.1 Å². The van der Waals surface area contributed by atoms with Gasteiger partial charge in [0, 0.05) is 29.6 Å². The van der Waals surface area contributed by atoms with Crippen molar-refractivity contribution in [3.8, 4) is 17.1 Å². The number of amides is 1. The highest BCUT2D eigenvalue weighted by molar-refractivity contribution is 6.17. The van der Waals surface area contributed by atoms with E-state index < -0.39 is 0 Å². The molecular weight excluding hydrogens is 340 g/mol. The molecule has 0 aliphatic carbocycles. The average molecular weight is 362 g/mol. The van der Waals surface area contributed by atoms with Crippen molar-refractivity contribution >= 4 is 27.8 Å². The van der Waals surface area contributed by atoms with Crippen molar-refractivity contribution in [2.24, 2.45) is 0 Å². The van der Waals surface area contributed by atoms with Crippen molar-refractivity contribution in [2.45, 2.75) is 26.9 Å². The second kappa shape index (κ2) is 6.50. The van der Waals surface area contributed by atoms with Crippen molar-refractivity contribution < 1.29 is 13.9 Å². The van der Waals surface area contributed by atoms with Gasteiger partial charge in [0.15, 0.2) is 0 Å². The predicted octanol–water partition coefficient (Wildman–Crippen LogP) is 5.04. The van der Waals surface area contributed by atoms with Crippen LogP contribution in [0.3, 0.4) is 0 Å². The number of nitrogens with one attached hydrogen (secondary N) is 2. The van der Waals surface area contributed by atoms with Crippen LogP contribution < -0.4 is 10.1 Å². The van der Waals surface area contributed by atoms with Crippen LogP contribution in [0.25, 0.3) is 33.2 Å². The summed E-state index contributed by atoms with van der Waals surface area (Å²) >= 11 is 0. The zero-order chi connectivity index (χ0) is 19.1. The number of rotatable bonds is 4. The number of ether oxygens (including phenoxy) is 1. The number of furan rings is 1. The number of H-pyrrole nitrogens is 1. The predicted molar refractivity (Wildman–Crippen MR) is 107 cm³/mol. The van der Waals surface area contributed by atoms with E-state index in [0.29, 0.717) is 22.7 Å². The Labute approximate surface area is 157 Å². The number of fused-ring (bicyclic) bond motifs is 3. The first kappa shape index (κ1) is 17.2. The topological polar surface area (TPSA) is 67.3 Å². The van der Waals surface area contributed by atoms with E-state index in [0.717, 1.165) is 27.4 Å². The van der Waals surface area contributed by atoms with Gasteiger partial charge in [-0.15, -0.1) is 0 Å². The Morgan fingerprint density at radius 1 is 1.15 bits per heavy atom. The van der Waals surface area contributed by atoms with E-state index in [1.807, 2.05) is 63.4 Å². The van der Waals surface area contributed by atoms with E-state index in [-0.39, 0.29) is 12.0 Å². The fraction of sp³-hybridized carbons (Fsp3) is 0.227. The van der Waals surface area contributed by atoms with Crippen molar-refractivity contribution in [2.75, 3.05) is 7.05 Å². The molecule has 5 heteroatoms. The second-order valence-electron chi connectivity index (χ2n) is 6.94. The van der Waals surface area contributed by atoms with E-state index >= 15 is 0 Å². The zero-order valence-corrected chi connectivity index (χ0v) is 15.8. The lowest BCUT2D eigenvalue weighted by Gasteiger charge is -2.11. The summed E-state index contributed by atoms with van der Waals surface area (Å²) in [6, 6.07) is 11.8. The Morgan fingerprint density at radius 3 is 2.56 bits per heavy atom. The number of hydrogen-bond acceptors (Lipinski definition) is 3. The summed E-state index contributed by atoms with van der Waals surface area (Å²) in [4.78, 5) is 16.0. The first-order valence-electron chi connectivity index (χ1n) is 9.02. The van der Waals surface area contributed by atoms with Gasteiger partial charge in [-0.2, -0.15) is 0 Å². The Morgan fingerprint density at radius 2 is 1.89 bits per heavy atom. The molecule has 0 saturated carbocycles. The quantitative estimate of drug-likeness (QED) is 0.535. The summed E-state index contributed by atoms with van der Waals surface area (Å²) < 4.78 is 12.2. The number of aromatic nitrogens is 1. The number of hydrogen-bond donors (Lipinski definition) is 2. The minimum atomic E-state index is -0.185. The van der Waals surface area contributed by atoms with E-state index in [2.05, 4.69) is 10.3 Å². The molecule has 5 nitrogen and oxygen atoms in total. The summed E-state index contributed by atoms with van der Waals surface area (Å²) in [5, 5.41) is 4.37. The highest BCUT2D eigenvalue weighted by Gasteiger charge is 2.24. The number of aryl methyl sites for hydroxylation is 1. The highest BCUT2D eigenvalue weighted by atomic mass is 16.5. The van der Waals surface area contributed by atoms with Crippen molar-refractivity contribution in [3.63, 3.8) is 0 Å². The molecular formula is C22H22N2O3. The molecule has 0 aliphatic heterocycles. The third-order valence-corrected chi connectivity index (χ3v) is 4.59. The SMILES string of the molecule is CNC(=O)c1c(-c2ccc(C)cc2)oc2c1cc(OC(C)C)c1[nH]ccc12. The van der Waals surface area contributed by atoms with Crippen LogP contribution in [0.4, 0.5) is 0 Å². The monoisotopic (exact) mass is 362 g/mol. The third-order valence-electron chi connectivity index (χ3n) is 4.59. The van der Waals surface area contributed by atoms with Crippen LogP contribution >= 0.6 is 0 Å². The summed E-state index contributed by atoms with van der Waals surface area (Å²) in [5.74, 6) is 1.09. The number of carbonyl (C=O) groups excluding carboxylic acids is 1. The molecule has 0 bridgehead atoms. The number of benzene rings is 2. The molecule has 2 N–H and O–H groups in total. The minimum absolute atomic E-state index is 0.0147. The van der Waals surface area contributed by atoms with E-state index in [4.69, 9.17) is 9.15 Å². The van der Waals surface area contributed by atoms with E-state index in [9.17, 15) is 4.79 Å². The summed E-state index contributed by atoms with van der Waals surface area (Å²) in [5.41, 5.74) is 4.08.